The molecule has 5 heteroatoms. The average Bonchev–Trinajstić information content (AvgIpc) is 2.83. The first-order valence-corrected chi connectivity index (χ1v) is 6.91. The van der Waals surface area contributed by atoms with Gasteiger partial charge in [-0.25, -0.2) is 0 Å². The summed E-state index contributed by atoms with van der Waals surface area (Å²) in [5.41, 5.74) is 0. The Labute approximate surface area is 107 Å². The van der Waals surface area contributed by atoms with Crippen LogP contribution in [0.4, 0.5) is 0 Å². The molecule has 1 atom stereocenters. The maximum atomic E-state index is 5.66. The number of alkyl halides is 1. The van der Waals surface area contributed by atoms with Crippen LogP contribution < -0.4 is 0 Å². The van der Waals surface area contributed by atoms with Crippen molar-refractivity contribution in [3.05, 3.63) is 11.8 Å². The van der Waals surface area contributed by atoms with E-state index in [-0.39, 0.29) is 0 Å². The van der Waals surface area contributed by atoms with Crippen LogP contribution in [0.25, 0.3) is 0 Å². The van der Waals surface area contributed by atoms with Crippen LogP contribution in [0.1, 0.15) is 43.9 Å². The van der Waals surface area contributed by atoms with Crippen molar-refractivity contribution in [1.29, 1.82) is 0 Å². The third kappa shape index (κ3) is 4.28. The summed E-state index contributed by atoms with van der Waals surface area (Å²) in [6, 6.07) is 0. The molecule has 0 aliphatic carbocycles. The van der Waals surface area contributed by atoms with Gasteiger partial charge in [0.2, 0.25) is 11.8 Å². The van der Waals surface area contributed by atoms with Crippen LogP contribution in [-0.2, 0) is 17.6 Å². The second kappa shape index (κ2) is 6.97. The fraction of sp³-hybridized carbons (Fsp3) is 0.833. The van der Waals surface area contributed by atoms with Gasteiger partial charge in [0.1, 0.15) is 0 Å². The summed E-state index contributed by atoms with van der Waals surface area (Å²) in [4.78, 5) is 0. The van der Waals surface area contributed by atoms with Crippen LogP contribution in [0.3, 0.4) is 0 Å². The van der Waals surface area contributed by atoms with Crippen LogP contribution >= 0.6 is 11.6 Å². The molecule has 1 aliphatic heterocycles. The lowest BCUT2D eigenvalue weighted by Gasteiger charge is -2.21. The van der Waals surface area contributed by atoms with Crippen molar-refractivity contribution in [3.8, 4) is 0 Å². The predicted molar refractivity (Wildman–Crippen MR) is 65.3 cm³/mol. The molecule has 1 saturated heterocycles. The lowest BCUT2D eigenvalue weighted by atomic mass is 10.0. The minimum Gasteiger partial charge on any atom is -0.425 e. The number of aryl methyl sites for hydroxylation is 2. The van der Waals surface area contributed by atoms with Gasteiger partial charge in [-0.15, -0.1) is 21.8 Å². The summed E-state index contributed by atoms with van der Waals surface area (Å²) in [6.45, 7) is 0.898. The molecule has 1 fully saturated rings. The van der Waals surface area contributed by atoms with E-state index in [1.165, 1.54) is 12.8 Å². The molecule has 2 heterocycles. The van der Waals surface area contributed by atoms with Gasteiger partial charge in [0.15, 0.2) is 0 Å². The highest BCUT2D eigenvalue weighted by molar-refractivity contribution is 6.17. The molecular weight excluding hydrogens is 240 g/mol. The van der Waals surface area contributed by atoms with Crippen molar-refractivity contribution in [2.45, 2.75) is 51.0 Å². The fourth-order valence-electron chi connectivity index (χ4n) is 2.03. The van der Waals surface area contributed by atoms with Gasteiger partial charge in [0, 0.05) is 25.3 Å². The minimum atomic E-state index is 0.377. The van der Waals surface area contributed by atoms with Crippen molar-refractivity contribution in [1.82, 2.24) is 10.2 Å². The fourth-order valence-corrected chi connectivity index (χ4v) is 2.16. The van der Waals surface area contributed by atoms with Gasteiger partial charge >= 0.3 is 0 Å². The molecule has 0 saturated carbocycles. The SMILES string of the molecule is ClCCCc1nnc(CCC2CCCCO2)o1. The van der Waals surface area contributed by atoms with E-state index in [4.69, 9.17) is 20.8 Å². The highest BCUT2D eigenvalue weighted by Gasteiger charge is 2.15. The third-order valence-corrected chi connectivity index (χ3v) is 3.25. The molecule has 1 unspecified atom stereocenters. The molecular formula is C12H19ClN2O2. The first-order valence-electron chi connectivity index (χ1n) is 6.37. The summed E-state index contributed by atoms with van der Waals surface area (Å²) in [7, 11) is 0. The van der Waals surface area contributed by atoms with Gasteiger partial charge in [-0.1, -0.05) is 0 Å². The van der Waals surface area contributed by atoms with E-state index in [0.29, 0.717) is 17.9 Å². The number of halogens is 1. The predicted octanol–water partition coefficient (Wildman–Crippen LogP) is 2.74. The van der Waals surface area contributed by atoms with Gasteiger partial charge in [0.05, 0.1) is 6.10 Å². The van der Waals surface area contributed by atoms with Crippen molar-refractivity contribution < 1.29 is 9.15 Å². The van der Waals surface area contributed by atoms with E-state index in [2.05, 4.69) is 10.2 Å². The quantitative estimate of drug-likeness (QED) is 0.736. The van der Waals surface area contributed by atoms with Crippen LogP contribution in [0.15, 0.2) is 4.42 Å². The Morgan fingerprint density at radius 1 is 1.18 bits per heavy atom. The summed E-state index contributed by atoms with van der Waals surface area (Å²) >= 11 is 5.61. The summed E-state index contributed by atoms with van der Waals surface area (Å²) in [5, 5.41) is 8.04. The molecule has 17 heavy (non-hydrogen) atoms. The molecule has 0 bridgehead atoms. The summed E-state index contributed by atoms with van der Waals surface area (Å²) < 4.78 is 11.2. The average molecular weight is 259 g/mol. The van der Waals surface area contributed by atoms with Crippen molar-refractivity contribution >= 4 is 11.6 Å². The van der Waals surface area contributed by atoms with E-state index in [1.807, 2.05) is 0 Å². The van der Waals surface area contributed by atoms with Crippen LogP contribution in [0, 0.1) is 0 Å². The van der Waals surface area contributed by atoms with Crippen molar-refractivity contribution in [3.63, 3.8) is 0 Å². The lowest BCUT2D eigenvalue weighted by Crippen LogP contribution is -2.19. The Balaban J connectivity index is 1.72. The monoisotopic (exact) mass is 258 g/mol. The summed E-state index contributed by atoms with van der Waals surface area (Å²) in [6.07, 6.45) is 7.46. The smallest absolute Gasteiger partial charge is 0.216 e. The molecule has 4 nitrogen and oxygen atoms in total. The first-order chi connectivity index (χ1) is 8.38. The topological polar surface area (TPSA) is 48.2 Å². The lowest BCUT2D eigenvalue weighted by molar-refractivity contribution is 0.0105. The Hall–Kier alpha value is -0.610. The summed E-state index contributed by atoms with van der Waals surface area (Å²) in [5.74, 6) is 2.06. The zero-order valence-corrected chi connectivity index (χ0v) is 10.8. The molecule has 0 aromatic carbocycles. The Bertz CT molecular complexity index is 324. The maximum absolute atomic E-state index is 5.66. The Kier molecular flexibility index (Phi) is 5.26. The standard InChI is InChI=1S/C12H19ClN2O2/c13-8-3-5-11-14-15-12(17-11)7-6-10-4-1-2-9-16-10/h10H,1-9H2. The second-order valence-corrected chi connectivity index (χ2v) is 4.79. The van der Waals surface area contributed by atoms with Gasteiger partial charge in [-0.3, -0.25) is 0 Å². The van der Waals surface area contributed by atoms with Crippen LogP contribution in [0.2, 0.25) is 0 Å². The molecule has 0 amide bonds. The number of hydrogen-bond acceptors (Lipinski definition) is 4. The molecule has 1 aromatic heterocycles. The second-order valence-electron chi connectivity index (χ2n) is 4.41. The van der Waals surface area contributed by atoms with E-state index in [9.17, 15) is 0 Å². The minimum absolute atomic E-state index is 0.377. The van der Waals surface area contributed by atoms with Crippen molar-refractivity contribution in [2.75, 3.05) is 12.5 Å². The number of ether oxygens (including phenoxy) is 1. The maximum Gasteiger partial charge on any atom is 0.216 e. The van der Waals surface area contributed by atoms with E-state index in [0.717, 1.165) is 44.6 Å². The van der Waals surface area contributed by atoms with Crippen LogP contribution in [0.5, 0.6) is 0 Å². The number of hydrogen-bond donors (Lipinski definition) is 0. The highest BCUT2D eigenvalue weighted by Crippen LogP contribution is 2.17. The largest absolute Gasteiger partial charge is 0.425 e. The van der Waals surface area contributed by atoms with Gasteiger partial charge in [-0.2, -0.15) is 0 Å². The number of nitrogens with zero attached hydrogens (tertiary/aromatic N) is 2. The van der Waals surface area contributed by atoms with Gasteiger partial charge < -0.3 is 9.15 Å². The molecule has 0 radical (unpaired) electrons. The molecule has 2 rings (SSSR count). The first kappa shape index (κ1) is 12.8. The third-order valence-electron chi connectivity index (χ3n) is 2.99. The zero-order chi connectivity index (χ0) is 11.9. The Morgan fingerprint density at radius 2 is 2.00 bits per heavy atom. The van der Waals surface area contributed by atoms with E-state index >= 15 is 0 Å². The highest BCUT2D eigenvalue weighted by atomic mass is 35.5. The molecule has 1 aromatic rings. The van der Waals surface area contributed by atoms with Gasteiger partial charge in [-0.05, 0) is 32.1 Å². The normalized spacial score (nSPS) is 20.6. The molecule has 96 valence electrons. The van der Waals surface area contributed by atoms with E-state index < -0.39 is 0 Å². The number of rotatable bonds is 6. The van der Waals surface area contributed by atoms with Crippen molar-refractivity contribution in [2.24, 2.45) is 0 Å². The molecule has 0 spiro atoms. The number of aromatic nitrogens is 2. The zero-order valence-electron chi connectivity index (χ0n) is 10.0. The van der Waals surface area contributed by atoms with E-state index in [1.54, 1.807) is 0 Å². The Morgan fingerprint density at radius 3 is 2.71 bits per heavy atom. The molecule has 1 aliphatic rings. The molecule has 0 N–H and O–H groups in total. The van der Waals surface area contributed by atoms with Crippen LogP contribution in [-0.4, -0.2) is 28.8 Å². The van der Waals surface area contributed by atoms with Gasteiger partial charge in [0.25, 0.3) is 0 Å².